The maximum atomic E-state index is 7.09. The second-order valence-electron chi connectivity index (χ2n) is 2.23. The lowest BCUT2D eigenvalue weighted by atomic mass is 10.1. The molecule has 0 rings (SSSR count). The largest absolute Gasteiger partial charge is 0.0877 e. The second kappa shape index (κ2) is 5.61. The van der Waals surface area contributed by atoms with Gasteiger partial charge in [-0.15, -0.1) is 0 Å². The predicted octanol–water partition coefficient (Wildman–Crippen LogP) is 3.16. The molecule has 0 aliphatic rings. The molecule has 1 atom stereocenters. The van der Waals surface area contributed by atoms with Gasteiger partial charge in [-0.25, -0.2) is 0 Å². The molecule has 0 aromatic rings. The zero-order valence-corrected chi connectivity index (χ0v) is 6.52. The fourth-order valence-corrected chi connectivity index (χ4v) is 0.478. The first-order valence-corrected chi connectivity index (χ1v) is 3.48. The zero-order chi connectivity index (χ0) is 7.98. The monoisotopic (exact) mass is 125 g/mol. The van der Waals surface area contributed by atoms with Crippen molar-refractivity contribution in [3.63, 3.8) is 0 Å². The fraction of sp³-hybridized carbons (Fsp3) is 0.556. The molecule has 0 spiro atoms. The molecule has 0 amide bonds. The van der Waals surface area contributed by atoms with Gasteiger partial charge in [0.15, 0.2) is 0 Å². The van der Waals surface area contributed by atoms with Crippen molar-refractivity contribution in [3.8, 4) is 0 Å². The number of rotatable bonds is 3. The van der Waals surface area contributed by atoms with Crippen LogP contribution in [-0.4, -0.2) is 0 Å². The van der Waals surface area contributed by atoms with Crippen LogP contribution in [-0.2, 0) is 0 Å². The molecule has 0 aliphatic carbocycles. The SMILES string of the molecule is [2H]/C(C)=C\C=C\[C@H](C)CC. The Morgan fingerprint density at radius 1 is 1.56 bits per heavy atom. The summed E-state index contributed by atoms with van der Waals surface area (Å²) in [4.78, 5) is 0. The lowest BCUT2D eigenvalue weighted by Crippen LogP contribution is -1.82. The number of hydrogen-bond donors (Lipinski definition) is 0. The zero-order valence-electron chi connectivity index (χ0n) is 7.52. The van der Waals surface area contributed by atoms with Crippen LogP contribution in [0.1, 0.15) is 28.6 Å². The van der Waals surface area contributed by atoms with Crippen LogP contribution >= 0.6 is 0 Å². The van der Waals surface area contributed by atoms with E-state index in [-0.39, 0.29) is 0 Å². The quantitative estimate of drug-likeness (QED) is 0.508. The van der Waals surface area contributed by atoms with Crippen molar-refractivity contribution in [3.05, 3.63) is 24.3 Å². The highest BCUT2D eigenvalue weighted by Gasteiger charge is 1.86. The van der Waals surface area contributed by atoms with Crippen LogP contribution in [0.25, 0.3) is 0 Å². The van der Waals surface area contributed by atoms with E-state index in [2.05, 4.69) is 19.9 Å². The summed E-state index contributed by atoms with van der Waals surface area (Å²) in [6, 6.07) is 0.611. The van der Waals surface area contributed by atoms with Crippen LogP contribution < -0.4 is 0 Å². The van der Waals surface area contributed by atoms with Gasteiger partial charge < -0.3 is 0 Å². The van der Waals surface area contributed by atoms with E-state index in [0.29, 0.717) is 12.0 Å². The Morgan fingerprint density at radius 2 is 2.22 bits per heavy atom. The molecule has 0 bridgehead atoms. The van der Waals surface area contributed by atoms with Gasteiger partial charge >= 0.3 is 0 Å². The number of allylic oxidation sites excluding steroid dienone is 4. The lowest BCUT2D eigenvalue weighted by molar-refractivity contribution is 0.698. The van der Waals surface area contributed by atoms with Crippen molar-refractivity contribution in [2.75, 3.05) is 0 Å². The van der Waals surface area contributed by atoms with Crippen molar-refractivity contribution >= 4 is 0 Å². The highest BCUT2D eigenvalue weighted by atomic mass is 13.9. The predicted molar refractivity (Wildman–Crippen MR) is 43.4 cm³/mol. The molecule has 0 aromatic carbocycles. The smallest absolute Gasteiger partial charge is 0.0573 e. The van der Waals surface area contributed by atoms with Crippen molar-refractivity contribution < 1.29 is 1.37 Å². The van der Waals surface area contributed by atoms with Crippen LogP contribution in [0, 0.1) is 5.92 Å². The van der Waals surface area contributed by atoms with E-state index in [1.807, 2.05) is 12.2 Å². The molecular weight excluding hydrogens is 108 g/mol. The topological polar surface area (TPSA) is 0 Å². The van der Waals surface area contributed by atoms with Crippen LogP contribution in [0.5, 0.6) is 0 Å². The summed E-state index contributed by atoms with van der Waals surface area (Å²) in [6.45, 7) is 6.11. The first-order chi connectivity index (χ1) is 4.66. The molecule has 0 nitrogen and oxygen atoms in total. The van der Waals surface area contributed by atoms with Crippen molar-refractivity contribution in [2.45, 2.75) is 27.2 Å². The van der Waals surface area contributed by atoms with Crippen molar-refractivity contribution in [1.29, 1.82) is 0 Å². The normalized spacial score (nSPS) is 18.1. The van der Waals surface area contributed by atoms with E-state index in [1.54, 1.807) is 6.92 Å². The molecule has 0 saturated heterocycles. The minimum absolute atomic E-state index is 0.611. The Labute approximate surface area is 59.7 Å². The third-order valence-corrected chi connectivity index (χ3v) is 1.35. The standard InChI is InChI=1S/C9H16/c1-4-6-7-8-9(3)5-2/h4,6-9H,5H2,1-3H3/b6-4+,8-7+/t9-/m1/s1/i4D. The molecule has 0 fully saturated rings. The first-order valence-electron chi connectivity index (χ1n) is 3.98. The van der Waals surface area contributed by atoms with E-state index in [0.717, 1.165) is 0 Å². The third kappa shape index (κ3) is 5.35. The summed E-state index contributed by atoms with van der Waals surface area (Å²) in [5.41, 5.74) is 0. The van der Waals surface area contributed by atoms with E-state index in [4.69, 9.17) is 1.37 Å². The van der Waals surface area contributed by atoms with E-state index >= 15 is 0 Å². The summed E-state index contributed by atoms with van der Waals surface area (Å²) in [7, 11) is 0. The highest BCUT2D eigenvalue weighted by Crippen LogP contribution is 2.01. The average Bonchev–Trinajstić information content (AvgIpc) is 1.87. The fourth-order valence-electron chi connectivity index (χ4n) is 0.478. The molecule has 0 heteroatoms. The van der Waals surface area contributed by atoms with Gasteiger partial charge in [-0.3, -0.25) is 0 Å². The van der Waals surface area contributed by atoms with Gasteiger partial charge in [0.25, 0.3) is 0 Å². The molecule has 0 radical (unpaired) electrons. The van der Waals surface area contributed by atoms with E-state index in [9.17, 15) is 0 Å². The van der Waals surface area contributed by atoms with Gasteiger partial charge in [0.05, 0.1) is 1.37 Å². The maximum absolute atomic E-state index is 7.09. The van der Waals surface area contributed by atoms with Crippen LogP contribution in [0.15, 0.2) is 24.3 Å². The van der Waals surface area contributed by atoms with Gasteiger partial charge in [0, 0.05) is 0 Å². The Hall–Kier alpha value is -0.520. The molecule has 9 heavy (non-hydrogen) atoms. The summed E-state index contributed by atoms with van der Waals surface area (Å²) >= 11 is 0. The summed E-state index contributed by atoms with van der Waals surface area (Å²) in [5.74, 6) is 0.635. The Bertz CT molecular complexity index is 130. The number of hydrogen-bond acceptors (Lipinski definition) is 0. The third-order valence-electron chi connectivity index (χ3n) is 1.35. The molecular formula is C9H16. The average molecular weight is 125 g/mol. The first kappa shape index (κ1) is 6.60. The van der Waals surface area contributed by atoms with Gasteiger partial charge in [-0.2, -0.15) is 0 Å². The molecule has 52 valence electrons. The van der Waals surface area contributed by atoms with Crippen LogP contribution in [0.2, 0.25) is 0 Å². The minimum atomic E-state index is 0.611. The van der Waals surface area contributed by atoms with E-state index < -0.39 is 0 Å². The van der Waals surface area contributed by atoms with E-state index in [1.165, 1.54) is 6.42 Å². The minimum Gasteiger partial charge on any atom is -0.0877 e. The van der Waals surface area contributed by atoms with Crippen LogP contribution in [0.3, 0.4) is 0 Å². The van der Waals surface area contributed by atoms with Crippen molar-refractivity contribution in [1.82, 2.24) is 0 Å². The lowest BCUT2D eigenvalue weighted by Gasteiger charge is -1.96. The van der Waals surface area contributed by atoms with Gasteiger partial charge in [-0.1, -0.05) is 44.5 Å². The molecule has 0 N–H and O–H groups in total. The van der Waals surface area contributed by atoms with Gasteiger partial charge in [0.2, 0.25) is 0 Å². The second-order valence-corrected chi connectivity index (χ2v) is 2.23. The Morgan fingerprint density at radius 3 is 2.67 bits per heavy atom. The summed E-state index contributed by atoms with van der Waals surface area (Å²) in [6.07, 6.45) is 7.06. The molecule has 0 aliphatic heterocycles. The Balaban J connectivity index is 3.66. The highest BCUT2D eigenvalue weighted by molar-refractivity contribution is 5.02. The summed E-state index contributed by atoms with van der Waals surface area (Å²) < 4.78 is 7.09. The molecule has 0 saturated carbocycles. The molecule has 0 heterocycles. The molecule has 0 unspecified atom stereocenters. The van der Waals surface area contributed by atoms with Crippen LogP contribution in [0.4, 0.5) is 0 Å². The summed E-state index contributed by atoms with van der Waals surface area (Å²) in [5, 5.41) is 0. The van der Waals surface area contributed by atoms with Gasteiger partial charge in [0.1, 0.15) is 0 Å². The van der Waals surface area contributed by atoms with Crippen molar-refractivity contribution in [2.24, 2.45) is 5.92 Å². The Kier molecular flexibility index (Phi) is 4.12. The molecule has 0 aromatic heterocycles. The van der Waals surface area contributed by atoms with Gasteiger partial charge in [-0.05, 0) is 12.8 Å². The maximum Gasteiger partial charge on any atom is 0.0573 e.